The van der Waals surface area contributed by atoms with Gasteiger partial charge in [-0.25, -0.2) is 4.98 Å². The van der Waals surface area contributed by atoms with Crippen LogP contribution in [0.3, 0.4) is 0 Å². The lowest BCUT2D eigenvalue weighted by atomic mass is 9.96. The lowest BCUT2D eigenvalue weighted by Crippen LogP contribution is -2.38. The molecule has 0 atom stereocenters. The van der Waals surface area contributed by atoms with Crippen molar-refractivity contribution in [1.82, 2.24) is 10.3 Å². The molecule has 7 heteroatoms. The van der Waals surface area contributed by atoms with E-state index in [4.69, 9.17) is 0 Å². The number of nitrogens with one attached hydrogen (secondary N) is 1. The third-order valence-corrected chi connectivity index (χ3v) is 4.96. The summed E-state index contributed by atoms with van der Waals surface area (Å²) in [5, 5.41) is 14.3. The summed E-state index contributed by atoms with van der Waals surface area (Å²) >= 11 is 3.47. The first kappa shape index (κ1) is 16.2. The minimum Gasteiger partial charge on any atom is -0.356 e. The summed E-state index contributed by atoms with van der Waals surface area (Å²) in [4.78, 5) is 17.0. The number of aromatic nitrogens is 1. The van der Waals surface area contributed by atoms with Gasteiger partial charge < -0.3 is 10.2 Å². The summed E-state index contributed by atoms with van der Waals surface area (Å²) in [6.45, 7) is 7.84. The molecule has 0 aromatic carbocycles. The van der Waals surface area contributed by atoms with Gasteiger partial charge in [-0.05, 0) is 54.7 Å². The van der Waals surface area contributed by atoms with Gasteiger partial charge in [0.2, 0.25) is 0 Å². The van der Waals surface area contributed by atoms with Crippen LogP contribution in [0.1, 0.15) is 25.3 Å². The average molecular weight is 357 g/mol. The van der Waals surface area contributed by atoms with Crippen molar-refractivity contribution in [1.29, 1.82) is 0 Å². The van der Waals surface area contributed by atoms with E-state index in [-0.39, 0.29) is 10.6 Å². The molecule has 1 N–H and O–H groups in total. The number of anilines is 1. The van der Waals surface area contributed by atoms with Crippen LogP contribution in [0, 0.1) is 23.0 Å². The monoisotopic (exact) mass is 356 g/mol. The van der Waals surface area contributed by atoms with E-state index in [9.17, 15) is 10.1 Å². The minimum absolute atomic E-state index is 0.0626. The molecule has 0 saturated carbocycles. The summed E-state index contributed by atoms with van der Waals surface area (Å²) < 4.78 is 0.738. The summed E-state index contributed by atoms with van der Waals surface area (Å²) in [6, 6.07) is 0. The van der Waals surface area contributed by atoms with E-state index >= 15 is 0 Å². The topological polar surface area (TPSA) is 71.3 Å². The van der Waals surface area contributed by atoms with Gasteiger partial charge in [-0.1, -0.05) is 6.92 Å². The van der Waals surface area contributed by atoms with Gasteiger partial charge in [0.25, 0.3) is 5.69 Å². The zero-order valence-corrected chi connectivity index (χ0v) is 14.0. The van der Waals surface area contributed by atoms with E-state index in [0.29, 0.717) is 11.5 Å². The fourth-order valence-corrected chi connectivity index (χ4v) is 3.21. The highest BCUT2D eigenvalue weighted by Crippen LogP contribution is 2.34. The highest BCUT2D eigenvalue weighted by molar-refractivity contribution is 9.10. The lowest BCUT2D eigenvalue weighted by Gasteiger charge is -2.33. The number of hydrogen-bond acceptors (Lipinski definition) is 5. The molecule has 2 heterocycles. The first-order chi connectivity index (χ1) is 10.0. The molecule has 21 heavy (non-hydrogen) atoms. The van der Waals surface area contributed by atoms with Crippen molar-refractivity contribution < 1.29 is 4.92 Å². The fraction of sp³-hybridized carbons (Fsp3) is 0.643. The van der Waals surface area contributed by atoms with Crippen LogP contribution in [-0.2, 0) is 0 Å². The van der Waals surface area contributed by atoms with Gasteiger partial charge in [-0.15, -0.1) is 0 Å². The molecule has 6 nitrogen and oxygen atoms in total. The highest BCUT2D eigenvalue weighted by atomic mass is 79.9. The van der Waals surface area contributed by atoms with E-state index in [1.165, 1.54) is 6.20 Å². The Balaban J connectivity index is 2.07. The normalized spacial score (nSPS) is 16.2. The molecule has 0 spiro atoms. The first-order valence-electron chi connectivity index (χ1n) is 7.29. The molecule has 2 rings (SSSR count). The summed E-state index contributed by atoms with van der Waals surface area (Å²) in [6.07, 6.45) is 3.61. The Kier molecular flexibility index (Phi) is 5.52. The Labute approximate surface area is 133 Å². The molecule has 1 aliphatic heterocycles. The number of piperidine rings is 1. The van der Waals surface area contributed by atoms with Gasteiger partial charge in [0.15, 0.2) is 0 Å². The molecule has 1 fully saturated rings. The number of nitro groups is 1. The predicted molar refractivity (Wildman–Crippen MR) is 86.8 cm³/mol. The molecule has 0 radical (unpaired) electrons. The maximum atomic E-state index is 10.9. The van der Waals surface area contributed by atoms with Gasteiger partial charge >= 0.3 is 0 Å². The third kappa shape index (κ3) is 3.71. The number of pyridine rings is 1. The summed E-state index contributed by atoms with van der Waals surface area (Å²) in [7, 11) is 0. The van der Waals surface area contributed by atoms with E-state index < -0.39 is 0 Å². The van der Waals surface area contributed by atoms with Gasteiger partial charge in [-0.3, -0.25) is 10.1 Å². The van der Waals surface area contributed by atoms with Crippen molar-refractivity contribution in [3.05, 3.63) is 26.3 Å². The zero-order chi connectivity index (χ0) is 15.4. The highest BCUT2D eigenvalue weighted by Gasteiger charge is 2.24. The van der Waals surface area contributed by atoms with Crippen LogP contribution in [0.15, 0.2) is 10.7 Å². The standard InChI is InChI=1S/C14H21BrN4O2/c1-3-16-8-11-4-6-18(7-5-11)14-13(15)10(2)12(9-17-14)19(20)21/h9,11,16H,3-8H2,1-2H3. The summed E-state index contributed by atoms with van der Waals surface area (Å²) in [5.41, 5.74) is 0.701. The molecule has 0 unspecified atom stereocenters. The maximum absolute atomic E-state index is 10.9. The van der Waals surface area contributed by atoms with Gasteiger partial charge in [0, 0.05) is 18.7 Å². The Morgan fingerprint density at radius 2 is 2.19 bits per heavy atom. The molecule has 0 amide bonds. The zero-order valence-electron chi connectivity index (χ0n) is 12.4. The van der Waals surface area contributed by atoms with Crippen LogP contribution >= 0.6 is 15.9 Å². The van der Waals surface area contributed by atoms with Crippen molar-refractivity contribution in [3.8, 4) is 0 Å². The van der Waals surface area contributed by atoms with E-state index in [2.05, 4.69) is 38.1 Å². The van der Waals surface area contributed by atoms with E-state index in [0.717, 1.165) is 49.3 Å². The van der Waals surface area contributed by atoms with E-state index in [1.807, 2.05) is 0 Å². The van der Waals surface area contributed by atoms with Crippen LogP contribution in [0.25, 0.3) is 0 Å². The van der Waals surface area contributed by atoms with Crippen LogP contribution in [0.5, 0.6) is 0 Å². The van der Waals surface area contributed by atoms with Gasteiger partial charge in [0.05, 0.1) is 9.40 Å². The van der Waals surface area contributed by atoms with Crippen molar-refractivity contribution in [2.45, 2.75) is 26.7 Å². The number of nitrogens with zero attached hydrogens (tertiary/aromatic N) is 3. The molecule has 0 aliphatic carbocycles. The number of hydrogen-bond donors (Lipinski definition) is 1. The second-order valence-corrected chi connectivity index (χ2v) is 6.19. The Hall–Kier alpha value is -1.21. The molecule has 1 aromatic rings. The maximum Gasteiger partial charge on any atom is 0.291 e. The third-order valence-electron chi connectivity index (χ3n) is 4.01. The van der Waals surface area contributed by atoms with E-state index in [1.54, 1.807) is 6.92 Å². The van der Waals surface area contributed by atoms with Gasteiger partial charge in [-0.2, -0.15) is 0 Å². The minimum atomic E-state index is -0.389. The Morgan fingerprint density at radius 3 is 2.76 bits per heavy atom. The smallest absolute Gasteiger partial charge is 0.291 e. The lowest BCUT2D eigenvalue weighted by molar-refractivity contribution is -0.385. The molecule has 1 saturated heterocycles. The molecular formula is C14H21BrN4O2. The Bertz CT molecular complexity index is 516. The van der Waals surface area contributed by atoms with Crippen LogP contribution < -0.4 is 10.2 Å². The van der Waals surface area contributed by atoms with Gasteiger partial charge in [0.1, 0.15) is 12.0 Å². The Morgan fingerprint density at radius 1 is 1.52 bits per heavy atom. The SMILES string of the molecule is CCNCC1CCN(c2ncc([N+](=O)[O-])c(C)c2Br)CC1. The van der Waals surface area contributed by atoms with Crippen molar-refractivity contribution >= 4 is 27.4 Å². The average Bonchev–Trinajstić information content (AvgIpc) is 2.48. The number of rotatable bonds is 5. The molecule has 1 aromatic heterocycles. The molecule has 116 valence electrons. The fourth-order valence-electron chi connectivity index (χ4n) is 2.66. The summed E-state index contributed by atoms with van der Waals surface area (Å²) in [5.74, 6) is 1.53. The molecular weight excluding hydrogens is 336 g/mol. The van der Waals surface area contributed by atoms with Crippen molar-refractivity contribution in [2.24, 2.45) is 5.92 Å². The number of halogens is 1. The molecule has 1 aliphatic rings. The largest absolute Gasteiger partial charge is 0.356 e. The first-order valence-corrected chi connectivity index (χ1v) is 8.09. The molecule has 0 bridgehead atoms. The van der Waals surface area contributed by atoms with Crippen molar-refractivity contribution in [2.75, 3.05) is 31.1 Å². The van der Waals surface area contributed by atoms with Crippen LogP contribution in [0.4, 0.5) is 11.5 Å². The second-order valence-electron chi connectivity index (χ2n) is 5.40. The van der Waals surface area contributed by atoms with Crippen LogP contribution in [-0.4, -0.2) is 36.1 Å². The van der Waals surface area contributed by atoms with Crippen LogP contribution in [0.2, 0.25) is 0 Å². The second kappa shape index (κ2) is 7.17. The predicted octanol–water partition coefficient (Wildman–Crippen LogP) is 2.89. The quantitative estimate of drug-likeness (QED) is 0.648. The van der Waals surface area contributed by atoms with Crippen molar-refractivity contribution in [3.63, 3.8) is 0 Å².